The summed E-state index contributed by atoms with van der Waals surface area (Å²) in [6.45, 7) is 1.93. The minimum Gasteiger partial charge on any atom is -0.507 e. The van der Waals surface area contributed by atoms with Gasteiger partial charge < -0.3 is 5.11 Å². The predicted octanol–water partition coefficient (Wildman–Crippen LogP) is 3.89. The predicted molar refractivity (Wildman–Crippen MR) is 68.0 cm³/mol. The molecule has 2 rings (SSSR count). The summed E-state index contributed by atoms with van der Waals surface area (Å²) in [7, 11) is 0. The standard InChI is InChI=1S/C14H10ClNO/c1-9-2-3-10(6-13(9)15)11-4-5-12(8-16)14(17)7-11/h2-7,17H,1H3. The Kier molecular flexibility index (Phi) is 3.03. The number of rotatable bonds is 1. The van der Waals surface area contributed by atoms with Crippen LogP contribution < -0.4 is 0 Å². The highest BCUT2D eigenvalue weighted by molar-refractivity contribution is 6.31. The molecule has 0 saturated carbocycles. The Morgan fingerprint density at radius 2 is 1.76 bits per heavy atom. The van der Waals surface area contributed by atoms with E-state index in [0.29, 0.717) is 5.02 Å². The molecule has 0 heterocycles. The van der Waals surface area contributed by atoms with Crippen molar-refractivity contribution in [1.29, 1.82) is 5.26 Å². The molecule has 0 unspecified atom stereocenters. The van der Waals surface area contributed by atoms with Crippen LogP contribution >= 0.6 is 11.6 Å². The van der Waals surface area contributed by atoms with Gasteiger partial charge in [-0.1, -0.05) is 29.8 Å². The first-order chi connectivity index (χ1) is 8.11. The molecular weight excluding hydrogens is 234 g/mol. The van der Waals surface area contributed by atoms with E-state index in [2.05, 4.69) is 0 Å². The van der Waals surface area contributed by atoms with Crippen LogP contribution in [0.3, 0.4) is 0 Å². The van der Waals surface area contributed by atoms with Crippen LogP contribution in [0.1, 0.15) is 11.1 Å². The van der Waals surface area contributed by atoms with Crippen LogP contribution in [0.5, 0.6) is 5.75 Å². The van der Waals surface area contributed by atoms with Crippen molar-refractivity contribution in [3.63, 3.8) is 0 Å². The number of benzene rings is 2. The van der Waals surface area contributed by atoms with Crippen molar-refractivity contribution in [2.75, 3.05) is 0 Å². The third-order valence-electron chi connectivity index (χ3n) is 2.62. The molecular formula is C14H10ClNO. The van der Waals surface area contributed by atoms with Crippen molar-refractivity contribution < 1.29 is 5.11 Å². The van der Waals surface area contributed by atoms with Crippen molar-refractivity contribution in [2.24, 2.45) is 0 Å². The van der Waals surface area contributed by atoms with Crippen LogP contribution in [0.2, 0.25) is 5.02 Å². The lowest BCUT2D eigenvalue weighted by atomic mass is 10.0. The third kappa shape index (κ3) is 2.25. The Labute approximate surface area is 105 Å². The number of aryl methyl sites for hydroxylation is 1. The molecule has 0 aromatic heterocycles. The van der Waals surface area contributed by atoms with Crippen molar-refractivity contribution in [1.82, 2.24) is 0 Å². The molecule has 2 aromatic carbocycles. The van der Waals surface area contributed by atoms with Gasteiger partial charge >= 0.3 is 0 Å². The molecule has 1 N–H and O–H groups in total. The second-order valence-electron chi connectivity index (χ2n) is 3.81. The van der Waals surface area contributed by atoms with Gasteiger partial charge in [-0.3, -0.25) is 0 Å². The average Bonchev–Trinajstić information content (AvgIpc) is 2.32. The molecule has 0 amide bonds. The maximum Gasteiger partial charge on any atom is 0.133 e. The van der Waals surface area contributed by atoms with Gasteiger partial charge in [0.1, 0.15) is 11.8 Å². The lowest BCUT2D eigenvalue weighted by Crippen LogP contribution is -1.82. The van der Waals surface area contributed by atoms with Crippen LogP contribution in [0, 0.1) is 18.3 Å². The molecule has 17 heavy (non-hydrogen) atoms. The molecule has 2 aromatic rings. The van der Waals surface area contributed by atoms with Crippen LogP contribution in [0.4, 0.5) is 0 Å². The molecule has 0 aliphatic heterocycles. The molecule has 0 saturated heterocycles. The summed E-state index contributed by atoms with van der Waals surface area (Å²) in [4.78, 5) is 0. The molecule has 0 aliphatic rings. The Balaban J connectivity index is 2.50. The van der Waals surface area contributed by atoms with Gasteiger partial charge in [0, 0.05) is 5.02 Å². The summed E-state index contributed by atoms with van der Waals surface area (Å²) >= 11 is 6.05. The zero-order chi connectivity index (χ0) is 12.4. The van der Waals surface area contributed by atoms with Gasteiger partial charge in [0.2, 0.25) is 0 Å². The summed E-state index contributed by atoms with van der Waals surface area (Å²) in [6, 6.07) is 12.6. The fourth-order valence-corrected chi connectivity index (χ4v) is 1.76. The number of hydrogen-bond donors (Lipinski definition) is 1. The lowest BCUT2D eigenvalue weighted by Gasteiger charge is -2.05. The number of hydrogen-bond acceptors (Lipinski definition) is 2. The SMILES string of the molecule is Cc1ccc(-c2ccc(C#N)c(O)c2)cc1Cl. The van der Waals surface area contributed by atoms with Crippen LogP contribution in [-0.2, 0) is 0 Å². The average molecular weight is 244 g/mol. The maximum atomic E-state index is 9.62. The smallest absolute Gasteiger partial charge is 0.133 e. The van der Waals surface area contributed by atoms with Crippen LogP contribution in [-0.4, -0.2) is 5.11 Å². The van der Waals surface area contributed by atoms with E-state index in [4.69, 9.17) is 16.9 Å². The Hall–Kier alpha value is -1.98. The van der Waals surface area contributed by atoms with Crippen molar-refractivity contribution in [3.05, 3.63) is 52.5 Å². The quantitative estimate of drug-likeness (QED) is 0.826. The minimum absolute atomic E-state index is 0.0123. The summed E-state index contributed by atoms with van der Waals surface area (Å²) in [5.74, 6) is -0.0123. The first-order valence-corrected chi connectivity index (χ1v) is 5.49. The molecule has 84 valence electrons. The van der Waals surface area contributed by atoms with Gasteiger partial charge in [0.15, 0.2) is 0 Å². The van der Waals surface area contributed by atoms with E-state index in [1.165, 1.54) is 0 Å². The highest BCUT2D eigenvalue weighted by Crippen LogP contribution is 2.29. The fourth-order valence-electron chi connectivity index (χ4n) is 1.58. The van der Waals surface area contributed by atoms with Crippen molar-refractivity contribution >= 4 is 11.6 Å². The van der Waals surface area contributed by atoms with E-state index >= 15 is 0 Å². The van der Waals surface area contributed by atoms with Gasteiger partial charge in [-0.2, -0.15) is 5.26 Å². The number of halogens is 1. The van der Waals surface area contributed by atoms with E-state index in [1.54, 1.807) is 18.2 Å². The van der Waals surface area contributed by atoms with Gasteiger partial charge in [0.05, 0.1) is 5.56 Å². The summed E-state index contributed by atoms with van der Waals surface area (Å²) in [5, 5.41) is 19.0. The Morgan fingerprint density at radius 3 is 2.35 bits per heavy atom. The minimum atomic E-state index is -0.0123. The summed E-state index contributed by atoms with van der Waals surface area (Å²) < 4.78 is 0. The highest BCUT2D eigenvalue weighted by Gasteiger charge is 2.05. The largest absolute Gasteiger partial charge is 0.507 e. The van der Waals surface area contributed by atoms with Crippen molar-refractivity contribution in [2.45, 2.75) is 6.92 Å². The number of nitrogens with zero attached hydrogens (tertiary/aromatic N) is 1. The van der Waals surface area contributed by atoms with Crippen molar-refractivity contribution in [3.8, 4) is 22.9 Å². The molecule has 0 spiro atoms. The molecule has 0 atom stereocenters. The van der Waals surface area contributed by atoms with E-state index in [0.717, 1.165) is 16.7 Å². The van der Waals surface area contributed by atoms with Gasteiger partial charge in [-0.15, -0.1) is 0 Å². The van der Waals surface area contributed by atoms with E-state index in [1.807, 2.05) is 31.2 Å². The molecule has 0 radical (unpaired) electrons. The normalized spacial score (nSPS) is 9.94. The lowest BCUT2D eigenvalue weighted by molar-refractivity contribution is 0.474. The summed E-state index contributed by atoms with van der Waals surface area (Å²) in [5.41, 5.74) is 3.03. The number of phenols is 1. The van der Waals surface area contributed by atoms with Gasteiger partial charge in [-0.05, 0) is 41.8 Å². The van der Waals surface area contributed by atoms with Gasteiger partial charge in [0.25, 0.3) is 0 Å². The molecule has 3 heteroatoms. The van der Waals surface area contributed by atoms with E-state index in [-0.39, 0.29) is 11.3 Å². The number of nitriles is 1. The Morgan fingerprint density at radius 1 is 1.12 bits per heavy atom. The second kappa shape index (κ2) is 4.48. The third-order valence-corrected chi connectivity index (χ3v) is 3.03. The zero-order valence-corrected chi connectivity index (χ0v) is 9.99. The Bertz CT molecular complexity index is 614. The highest BCUT2D eigenvalue weighted by atomic mass is 35.5. The number of phenolic OH excluding ortho intramolecular Hbond substituents is 1. The maximum absolute atomic E-state index is 9.62. The molecule has 0 aliphatic carbocycles. The topological polar surface area (TPSA) is 44.0 Å². The van der Waals surface area contributed by atoms with E-state index in [9.17, 15) is 5.11 Å². The van der Waals surface area contributed by atoms with Crippen LogP contribution in [0.25, 0.3) is 11.1 Å². The number of aromatic hydroxyl groups is 1. The monoisotopic (exact) mass is 243 g/mol. The molecule has 0 fully saturated rings. The molecule has 2 nitrogen and oxygen atoms in total. The second-order valence-corrected chi connectivity index (χ2v) is 4.21. The molecule has 0 bridgehead atoms. The van der Waals surface area contributed by atoms with Gasteiger partial charge in [-0.25, -0.2) is 0 Å². The first kappa shape index (κ1) is 11.5. The fraction of sp³-hybridized carbons (Fsp3) is 0.0714. The zero-order valence-electron chi connectivity index (χ0n) is 9.24. The summed E-state index contributed by atoms with van der Waals surface area (Å²) in [6.07, 6.45) is 0. The first-order valence-electron chi connectivity index (χ1n) is 5.11. The van der Waals surface area contributed by atoms with E-state index < -0.39 is 0 Å². The van der Waals surface area contributed by atoms with Crippen LogP contribution in [0.15, 0.2) is 36.4 Å².